The summed E-state index contributed by atoms with van der Waals surface area (Å²) in [5, 5.41) is 3.07. The molecule has 4 heteroatoms. The second-order valence-electron chi connectivity index (χ2n) is 6.91. The number of nitrogens with zero attached hydrogens (tertiary/aromatic N) is 1. The van der Waals surface area contributed by atoms with Gasteiger partial charge in [0.15, 0.2) is 0 Å². The predicted octanol–water partition coefficient (Wildman–Crippen LogP) is 3.03. The van der Waals surface area contributed by atoms with Crippen molar-refractivity contribution >= 4 is 28.3 Å². The first kappa shape index (κ1) is 17.1. The Morgan fingerprint density at radius 3 is 2.46 bits per heavy atom. The fourth-order valence-electron chi connectivity index (χ4n) is 3.64. The van der Waals surface area contributed by atoms with E-state index < -0.39 is 0 Å². The highest BCUT2D eigenvalue weighted by molar-refractivity contribution is 6.30. The molecule has 3 nitrogen and oxygen atoms in total. The molecule has 1 amide bonds. The van der Waals surface area contributed by atoms with Crippen LogP contribution < -0.4 is 4.90 Å². The van der Waals surface area contributed by atoms with Crippen molar-refractivity contribution in [1.29, 1.82) is 0 Å². The fourth-order valence-corrected chi connectivity index (χ4v) is 3.86. The minimum atomic E-state index is 0.137. The highest BCUT2D eigenvalue weighted by Gasteiger charge is 2.24. The molecule has 132 valence electrons. The monoisotopic (exact) mass is 365 g/mol. The third-order valence-electron chi connectivity index (χ3n) is 5.10. The Morgan fingerprint density at radius 2 is 1.69 bits per heavy atom. The lowest BCUT2D eigenvalue weighted by Crippen LogP contribution is -3.13. The minimum Gasteiger partial charge on any atom is -0.328 e. The van der Waals surface area contributed by atoms with E-state index >= 15 is 0 Å². The molecule has 4 rings (SSSR count). The van der Waals surface area contributed by atoms with Crippen LogP contribution in [0, 0.1) is 0 Å². The normalized spacial score (nSPS) is 15.3. The number of quaternary nitrogens is 1. The van der Waals surface area contributed by atoms with Crippen LogP contribution in [0.15, 0.2) is 66.7 Å². The van der Waals surface area contributed by atoms with E-state index in [0.717, 1.165) is 48.7 Å². The van der Waals surface area contributed by atoms with Crippen LogP contribution >= 0.6 is 11.6 Å². The first-order chi connectivity index (χ1) is 12.7. The number of rotatable bonds is 3. The number of carbonyl (C=O) groups is 1. The molecule has 0 atom stereocenters. The van der Waals surface area contributed by atoms with Crippen LogP contribution in [0.5, 0.6) is 0 Å². The van der Waals surface area contributed by atoms with Gasteiger partial charge in [0.05, 0.1) is 26.2 Å². The van der Waals surface area contributed by atoms with Gasteiger partial charge in [-0.1, -0.05) is 54.1 Å². The summed E-state index contributed by atoms with van der Waals surface area (Å²) in [6, 6.07) is 22.2. The van der Waals surface area contributed by atoms with E-state index in [2.05, 4.69) is 18.2 Å². The van der Waals surface area contributed by atoms with Crippen molar-refractivity contribution in [3.63, 3.8) is 0 Å². The quantitative estimate of drug-likeness (QED) is 0.758. The highest BCUT2D eigenvalue weighted by Crippen LogP contribution is 2.17. The minimum absolute atomic E-state index is 0.137. The maximum Gasteiger partial charge on any atom is 0.254 e. The van der Waals surface area contributed by atoms with Gasteiger partial charge in [0.2, 0.25) is 0 Å². The summed E-state index contributed by atoms with van der Waals surface area (Å²) in [6.07, 6.45) is 0. The number of hydrogen-bond donors (Lipinski definition) is 1. The summed E-state index contributed by atoms with van der Waals surface area (Å²) >= 11 is 6.07. The van der Waals surface area contributed by atoms with E-state index in [1.165, 1.54) is 15.8 Å². The van der Waals surface area contributed by atoms with Crippen LogP contribution in [0.25, 0.3) is 10.8 Å². The molecule has 1 N–H and O–H groups in total. The van der Waals surface area contributed by atoms with Crippen LogP contribution in [0.2, 0.25) is 5.02 Å². The Kier molecular flexibility index (Phi) is 4.91. The molecule has 0 spiro atoms. The van der Waals surface area contributed by atoms with Crippen molar-refractivity contribution in [2.75, 3.05) is 26.2 Å². The molecule has 0 radical (unpaired) electrons. The lowest BCUT2D eigenvalue weighted by molar-refractivity contribution is -0.917. The van der Waals surface area contributed by atoms with Gasteiger partial charge in [-0.25, -0.2) is 0 Å². The summed E-state index contributed by atoms with van der Waals surface area (Å²) in [4.78, 5) is 16.3. The highest BCUT2D eigenvalue weighted by atomic mass is 35.5. The average molecular weight is 366 g/mol. The van der Waals surface area contributed by atoms with Gasteiger partial charge in [0, 0.05) is 16.1 Å². The molecule has 26 heavy (non-hydrogen) atoms. The van der Waals surface area contributed by atoms with Crippen LogP contribution in [-0.4, -0.2) is 37.0 Å². The number of benzene rings is 3. The molecule has 0 aromatic heterocycles. The van der Waals surface area contributed by atoms with Crippen molar-refractivity contribution in [3.8, 4) is 0 Å². The summed E-state index contributed by atoms with van der Waals surface area (Å²) < 4.78 is 0. The van der Waals surface area contributed by atoms with Crippen molar-refractivity contribution in [2.45, 2.75) is 6.54 Å². The average Bonchev–Trinajstić information content (AvgIpc) is 2.68. The zero-order chi connectivity index (χ0) is 17.9. The van der Waals surface area contributed by atoms with Gasteiger partial charge >= 0.3 is 0 Å². The van der Waals surface area contributed by atoms with Gasteiger partial charge in [-0.15, -0.1) is 0 Å². The maximum absolute atomic E-state index is 12.9. The van der Waals surface area contributed by atoms with Gasteiger partial charge in [0.25, 0.3) is 5.91 Å². The molecular weight excluding hydrogens is 344 g/mol. The van der Waals surface area contributed by atoms with E-state index in [-0.39, 0.29) is 5.91 Å². The van der Waals surface area contributed by atoms with Crippen molar-refractivity contribution in [1.82, 2.24) is 4.90 Å². The Labute approximate surface area is 158 Å². The zero-order valence-corrected chi connectivity index (χ0v) is 15.4. The Bertz CT molecular complexity index is 932. The molecule has 1 aliphatic rings. The molecule has 1 fully saturated rings. The fraction of sp³-hybridized carbons (Fsp3) is 0.227. The van der Waals surface area contributed by atoms with Gasteiger partial charge in [-0.3, -0.25) is 4.79 Å². The van der Waals surface area contributed by atoms with Crippen molar-refractivity contribution < 1.29 is 9.69 Å². The summed E-state index contributed by atoms with van der Waals surface area (Å²) in [5.41, 5.74) is 2.03. The third-order valence-corrected chi connectivity index (χ3v) is 5.33. The standard InChI is InChI=1S/C22H21ClN2O/c23-21-7-3-4-17(14-21)16-24-10-12-25(13-11-24)22(26)20-9-8-18-5-1-2-6-19(18)15-20/h1-9,14-15H,10-13,16H2/p+1. The van der Waals surface area contributed by atoms with Crippen LogP contribution in [0.1, 0.15) is 15.9 Å². The summed E-state index contributed by atoms with van der Waals surface area (Å²) in [6.45, 7) is 4.47. The first-order valence-corrected chi connectivity index (χ1v) is 9.43. The first-order valence-electron chi connectivity index (χ1n) is 9.05. The number of amides is 1. The van der Waals surface area contributed by atoms with Gasteiger partial charge in [-0.05, 0) is 35.0 Å². The van der Waals surface area contributed by atoms with Crippen LogP contribution in [0.4, 0.5) is 0 Å². The lowest BCUT2D eigenvalue weighted by Gasteiger charge is -2.32. The summed E-state index contributed by atoms with van der Waals surface area (Å²) in [5.74, 6) is 0.137. The van der Waals surface area contributed by atoms with Crippen molar-refractivity contribution in [2.24, 2.45) is 0 Å². The van der Waals surface area contributed by atoms with Crippen LogP contribution in [-0.2, 0) is 6.54 Å². The number of halogens is 1. The third kappa shape index (κ3) is 3.74. The molecule has 1 saturated heterocycles. The molecule has 3 aromatic rings. The Morgan fingerprint density at radius 1 is 0.923 bits per heavy atom. The smallest absolute Gasteiger partial charge is 0.254 e. The van der Waals surface area contributed by atoms with Gasteiger partial charge in [-0.2, -0.15) is 0 Å². The largest absolute Gasteiger partial charge is 0.328 e. The maximum atomic E-state index is 12.9. The van der Waals surface area contributed by atoms with Crippen LogP contribution in [0.3, 0.4) is 0 Å². The molecule has 1 aliphatic heterocycles. The van der Waals surface area contributed by atoms with E-state index in [1.807, 2.05) is 53.4 Å². The Hall–Kier alpha value is -2.36. The van der Waals surface area contributed by atoms with E-state index in [9.17, 15) is 4.79 Å². The topological polar surface area (TPSA) is 24.8 Å². The zero-order valence-electron chi connectivity index (χ0n) is 14.6. The number of piperazine rings is 1. The van der Waals surface area contributed by atoms with E-state index in [1.54, 1.807) is 0 Å². The second kappa shape index (κ2) is 7.48. The molecule has 1 heterocycles. The van der Waals surface area contributed by atoms with Gasteiger partial charge < -0.3 is 9.80 Å². The molecule has 3 aromatic carbocycles. The molecule has 0 saturated carbocycles. The SMILES string of the molecule is O=C(c1ccc2ccccc2c1)N1CC[NH+](Cc2cccc(Cl)c2)CC1. The Balaban J connectivity index is 1.39. The predicted molar refractivity (Wildman–Crippen MR) is 106 cm³/mol. The van der Waals surface area contributed by atoms with Crippen molar-refractivity contribution in [3.05, 3.63) is 82.9 Å². The molecular formula is C22H22ClN2O+. The number of fused-ring (bicyclic) bond motifs is 1. The van der Waals surface area contributed by atoms with E-state index in [4.69, 9.17) is 11.6 Å². The van der Waals surface area contributed by atoms with E-state index in [0.29, 0.717) is 0 Å². The summed E-state index contributed by atoms with van der Waals surface area (Å²) in [7, 11) is 0. The molecule has 0 unspecified atom stereocenters. The lowest BCUT2D eigenvalue weighted by atomic mass is 10.1. The molecule has 0 bridgehead atoms. The number of nitrogens with one attached hydrogen (secondary N) is 1. The number of hydrogen-bond acceptors (Lipinski definition) is 1. The van der Waals surface area contributed by atoms with Gasteiger partial charge in [0.1, 0.15) is 6.54 Å². The second-order valence-corrected chi connectivity index (χ2v) is 7.35. The molecule has 0 aliphatic carbocycles. The number of carbonyl (C=O) groups excluding carboxylic acids is 1.